The number of aryl methyl sites for hydroxylation is 1. The Labute approximate surface area is 133 Å². The van der Waals surface area contributed by atoms with E-state index in [1.807, 2.05) is 6.92 Å². The number of benzene rings is 1. The Morgan fingerprint density at radius 2 is 1.82 bits per heavy atom. The van der Waals surface area contributed by atoms with Crippen LogP contribution in [0.4, 0.5) is 0 Å². The Bertz CT molecular complexity index is 790. The van der Waals surface area contributed by atoms with Crippen LogP contribution in [0.3, 0.4) is 0 Å². The van der Waals surface area contributed by atoms with Crippen molar-refractivity contribution in [3.05, 3.63) is 77.0 Å². The predicted molar refractivity (Wildman–Crippen MR) is 99.0 cm³/mol. The maximum Gasteiger partial charge on any atom is 0.0462 e. The van der Waals surface area contributed by atoms with Gasteiger partial charge in [-0.05, 0) is 57.4 Å². The van der Waals surface area contributed by atoms with E-state index < -0.39 is 0 Å². The van der Waals surface area contributed by atoms with Crippen molar-refractivity contribution in [2.45, 2.75) is 34.6 Å². The van der Waals surface area contributed by atoms with Gasteiger partial charge in [0.05, 0.1) is 0 Å². The molecule has 2 rings (SSSR count). The smallest absolute Gasteiger partial charge is 0.0462 e. The van der Waals surface area contributed by atoms with Crippen LogP contribution in [0.5, 0.6) is 0 Å². The van der Waals surface area contributed by atoms with Crippen LogP contribution in [0.25, 0.3) is 16.5 Å². The van der Waals surface area contributed by atoms with Gasteiger partial charge in [-0.25, -0.2) is 0 Å². The van der Waals surface area contributed by atoms with Gasteiger partial charge in [-0.2, -0.15) is 0 Å². The first kappa shape index (κ1) is 16.1. The van der Waals surface area contributed by atoms with Crippen molar-refractivity contribution in [1.29, 1.82) is 0 Å². The topological polar surface area (TPSA) is 15.8 Å². The number of aromatic amines is 1. The third kappa shape index (κ3) is 3.14. The van der Waals surface area contributed by atoms with Crippen molar-refractivity contribution < 1.29 is 0 Å². The monoisotopic (exact) mass is 291 g/mol. The molecule has 0 aliphatic rings. The highest BCUT2D eigenvalue weighted by molar-refractivity contribution is 5.97. The van der Waals surface area contributed by atoms with Gasteiger partial charge in [0.2, 0.25) is 0 Å². The fraction of sp³-hybridized carbons (Fsp3) is 0.238. The highest BCUT2D eigenvalue weighted by Gasteiger charge is 2.12. The Morgan fingerprint density at radius 3 is 2.45 bits per heavy atom. The molecule has 0 atom stereocenters. The SMILES string of the molecule is C=C(/C(C)=C/C(/C=C\C)=C(C)C)c1c(C)[nH]c2ccccc12. The molecule has 0 radical (unpaired) electrons. The molecule has 1 heteroatoms. The average Bonchev–Trinajstić information content (AvgIpc) is 2.81. The first-order valence-corrected chi connectivity index (χ1v) is 7.71. The first-order valence-electron chi connectivity index (χ1n) is 7.71. The van der Waals surface area contributed by atoms with Crippen molar-refractivity contribution in [3.8, 4) is 0 Å². The van der Waals surface area contributed by atoms with Gasteiger partial charge >= 0.3 is 0 Å². The number of aromatic nitrogens is 1. The maximum absolute atomic E-state index is 4.35. The molecule has 1 heterocycles. The summed E-state index contributed by atoms with van der Waals surface area (Å²) >= 11 is 0. The predicted octanol–water partition coefficient (Wildman–Crippen LogP) is 6.35. The van der Waals surface area contributed by atoms with E-state index in [1.54, 1.807) is 0 Å². The van der Waals surface area contributed by atoms with Gasteiger partial charge < -0.3 is 4.98 Å². The van der Waals surface area contributed by atoms with Crippen LogP contribution in [0.1, 0.15) is 39.0 Å². The third-order valence-electron chi connectivity index (χ3n) is 3.97. The summed E-state index contributed by atoms with van der Waals surface area (Å²) in [5.41, 5.74) is 8.39. The van der Waals surface area contributed by atoms with E-state index in [0.29, 0.717) is 0 Å². The number of rotatable bonds is 4. The number of hydrogen-bond acceptors (Lipinski definition) is 0. The van der Waals surface area contributed by atoms with Crippen LogP contribution in [-0.2, 0) is 0 Å². The number of H-pyrrole nitrogens is 1. The summed E-state index contributed by atoms with van der Waals surface area (Å²) in [5, 5.41) is 1.24. The van der Waals surface area contributed by atoms with Crippen LogP contribution < -0.4 is 0 Å². The summed E-state index contributed by atoms with van der Waals surface area (Å²) in [6.45, 7) is 14.9. The molecule has 1 nitrogen and oxygen atoms in total. The largest absolute Gasteiger partial charge is 0.358 e. The Morgan fingerprint density at radius 1 is 1.14 bits per heavy atom. The van der Waals surface area contributed by atoms with Gasteiger partial charge in [0.15, 0.2) is 0 Å². The van der Waals surface area contributed by atoms with Gasteiger partial charge in [-0.3, -0.25) is 0 Å². The average molecular weight is 291 g/mol. The van der Waals surface area contributed by atoms with Gasteiger partial charge in [0.25, 0.3) is 0 Å². The van der Waals surface area contributed by atoms with Crippen molar-refractivity contribution in [1.82, 2.24) is 4.98 Å². The molecular formula is C21H25N. The van der Waals surface area contributed by atoms with E-state index in [9.17, 15) is 0 Å². The highest BCUT2D eigenvalue weighted by Crippen LogP contribution is 2.32. The van der Waals surface area contributed by atoms with Crippen LogP contribution in [-0.4, -0.2) is 4.98 Å². The zero-order chi connectivity index (χ0) is 16.3. The summed E-state index contributed by atoms with van der Waals surface area (Å²) in [7, 11) is 0. The van der Waals surface area contributed by atoms with E-state index in [0.717, 1.165) is 5.57 Å². The fourth-order valence-corrected chi connectivity index (χ4v) is 2.72. The lowest BCUT2D eigenvalue weighted by Crippen LogP contribution is -1.89. The second-order valence-electron chi connectivity index (χ2n) is 5.93. The Hall–Kier alpha value is -2.28. The van der Waals surface area contributed by atoms with Crippen LogP contribution in [0.2, 0.25) is 0 Å². The molecular weight excluding hydrogens is 266 g/mol. The van der Waals surface area contributed by atoms with Crippen LogP contribution >= 0.6 is 0 Å². The van der Waals surface area contributed by atoms with E-state index in [1.165, 1.54) is 38.9 Å². The fourth-order valence-electron chi connectivity index (χ4n) is 2.72. The zero-order valence-corrected chi connectivity index (χ0v) is 14.2. The Kier molecular flexibility index (Phi) is 4.87. The second kappa shape index (κ2) is 6.65. The minimum absolute atomic E-state index is 1.08. The summed E-state index contributed by atoms with van der Waals surface area (Å²) < 4.78 is 0. The number of hydrogen-bond donors (Lipinski definition) is 1. The van der Waals surface area contributed by atoms with Gasteiger partial charge in [0.1, 0.15) is 0 Å². The van der Waals surface area contributed by atoms with Crippen molar-refractivity contribution in [2.75, 3.05) is 0 Å². The molecule has 2 aromatic rings. The molecule has 0 spiro atoms. The highest BCUT2D eigenvalue weighted by atomic mass is 14.7. The molecule has 0 aliphatic heterocycles. The quantitative estimate of drug-likeness (QED) is 0.632. The van der Waals surface area contributed by atoms with E-state index in [-0.39, 0.29) is 0 Å². The first-order chi connectivity index (χ1) is 10.5. The molecule has 0 saturated carbocycles. The van der Waals surface area contributed by atoms with Gasteiger partial charge in [-0.15, -0.1) is 0 Å². The number of allylic oxidation sites excluding steroid dienone is 7. The minimum atomic E-state index is 1.08. The van der Waals surface area contributed by atoms with E-state index >= 15 is 0 Å². The molecule has 114 valence electrons. The summed E-state index contributed by atoms with van der Waals surface area (Å²) in [4.78, 5) is 3.45. The normalized spacial score (nSPS) is 12.1. The summed E-state index contributed by atoms with van der Waals surface area (Å²) in [5.74, 6) is 0. The third-order valence-corrected chi connectivity index (χ3v) is 3.97. The number of para-hydroxylation sites is 1. The standard InChI is InChI=1S/C21H25N/c1-7-10-18(14(2)3)13-15(4)16(5)21-17(6)22-20-12-9-8-11-19(20)21/h7-13,22H,5H2,1-4,6H3/b10-7-,15-13+. The molecule has 0 saturated heterocycles. The molecule has 1 aromatic heterocycles. The Balaban J connectivity index is 2.50. The molecule has 1 N–H and O–H groups in total. The zero-order valence-electron chi connectivity index (χ0n) is 14.2. The van der Waals surface area contributed by atoms with Crippen LogP contribution in [0, 0.1) is 6.92 Å². The van der Waals surface area contributed by atoms with Crippen molar-refractivity contribution in [2.24, 2.45) is 0 Å². The van der Waals surface area contributed by atoms with E-state index in [2.05, 4.69) is 81.8 Å². The van der Waals surface area contributed by atoms with Crippen LogP contribution in [0.15, 0.2) is 65.8 Å². The number of fused-ring (bicyclic) bond motifs is 1. The molecule has 0 fully saturated rings. The van der Waals surface area contributed by atoms with Crippen molar-refractivity contribution in [3.63, 3.8) is 0 Å². The lowest BCUT2D eigenvalue weighted by Gasteiger charge is -2.09. The molecule has 0 bridgehead atoms. The van der Waals surface area contributed by atoms with Crippen molar-refractivity contribution >= 4 is 16.5 Å². The minimum Gasteiger partial charge on any atom is -0.358 e. The molecule has 0 aliphatic carbocycles. The summed E-state index contributed by atoms with van der Waals surface area (Å²) in [6, 6.07) is 8.40. The molecule has 1 aromatic carbocycles. The number of nitrogens with one attached hydrogen (secondary N) is 1. The van der Waals surface area contributed by atoms with E-state index in [4.69, 9.17) is 0 Å². The molecule has 0 amide bonds. The molecule has 0 unspecified atom stereocenters. The maximum atomic E-state index is 4.35. The summed E-state index contributed by atoms with van der Waals surface area (Å²) in [6.07, 6.45) is 6.44. The molecule has 22 heavy (non-hydrogen) atoms. The lowest BCUT2D eigenvalue weighted by molar-refractivity contribution is 1.28. The van der Waals surface area contributed by atoms with Gasteiger partial charge in [0, 0.05) is 22.2 Å². The van der Waals surface area contributed by atoms with Gasteiger partial charge in [-0.1, -0.05) is 48.6 Å². The second-order valence-corrected chi connectivity index (χ2v) is 5.93. The lowest BCUT2D eigenvalue weighted by atomic mass is 9.95.